The first-order chi connectivity index (χ1) is 6.64. The van der Waals surface area contributed by atoms with Crippen molar-refractivity contribution in [2.24, 2.45) is 5.92 Å². The van der Waals surface area contributed by atoms with Gasteiger partial charge in [0.25, 0.3) is 0 Å². The molecule has 0 aromatic heterocycles. The van der Waals surface area contributed by atoms with Gasteiger partial charge in [-0.05, 0) is 40.0 Å². The summed E-state index contributed by atoms with van der Waals surface area (Å²) >= 11 is 0. The molecule has 0 aromatic carbocycles. The molecular weight excluding hydrogens is 206 g/mol. The third-order valence-corrected chi connectivity index (χ3v) is 3.82. The highest BCUT2D eigenvalue weighted by Crippen LogP contribution is 2.16. The summed E-state index contributed by atoms with van der Waals surface area (Å²) in [5.41, 5.74) is 1.13. The molecule has 15 heavy (non-hydrogen) atoms. The molecule has 0 amide bonds. The van der Waals surface area contributed by atoms with Crippen molar-refractivity contribution in [1.82, 2.24) is 4.72 Å². The Hall–Kier alpha value is -0.150. The second-order valence-corrected chi connectivity index (χ2v) is 7.51. The minimum Gasteiger partial charge on any atom is -0.242 e. The highest BCUT2D eigenvalue weighted by molar-refractivity contribution is 7.84. The normalized spacial score (nSPS) is 16.5. The van der Waals surface area contributed by atoms with Gasteiger partial charge in [-0.1, -0.05) is 19.4 Å². The van der Waals surface area contributed by atoms with Crippen molar-refractivity contribution in [2.45, 2.75) is 58.8 Å². The Morgan fingerprint density at radius 2 is 1.87 bits per heavy atom. The zero-order chi connectivity index (χ0) is 12.2. The molecule has 0 bridgehead atoms. The predicted molar refractivity (Wildman–Crippen MR) is 69.1 cm³/mol. The van der Waals surface area contributed by atoms with Crippen molar-refractivity contribution in [3.63, 3.8) is 0 Å². The first kappa shape index (κ1) is 14.8. The zero-order valence-corrected chi connectivity index (χ0v) is 11.7. The lowest BCUT2D eigenvalue weighted by molar-refractivity contribution is 0.453. The van der Waals surface area contributed by atoms with Crippen molar-refractivity contribution in [3.8, 4) is 0 Å². The van der Waals surface area contributed by atoms with Gasteiger partial charge in [-0.25, -0.2) is 8.93 Å². The van der Waals surface area contributed by atoms with Crippen LogP contribution in [0.2, 0.25) is 0 Å². The fraction of sp³-hybridized carbons (Fsp3) is 0.833. The van der Waals surface area contributed by atoms with Crippen molar-refractivity contribution in [2.75, 3.05) is 0 Å². The molecule has 2 nitrogen and oxygen atoms in total. The van der Waals surface area contributed by atoms with Gasteiger partial charge >= 0.3 is 0 Å². The van der Waals surface area contributed by atoms with Crippen LogP contribution < -0.4 is 4.72 Å². The molecule has 0 aliphatic heterocycles. The Kier molecular flexibility index (Phi) is 5.75. The highest BCUT2D eigenvalue weighted by Gasteiger charge is 2.24. The van der Waals surface area contributed by atoms with Gasteiger partial charge in [0.15, 0.2) is 0 Å². The van der Waals surface area contributed by atoms with E-state index in [2.05, 4.69) is 25.1 Å². The molecule has 0 spiro atoms. The Bertz CT molecular complexity index is 240. The van der Waals surface area contributed by atoms with Crippen molar-refractivity contribution in [1.29, 1.82) is 0 Å². The summed E-state index contributed by atoms with van der Waals surface area (Å²) in [5.74, 6) is 0.466. The van der Waals surface area contributed by atoms with Gasteiger partial charge in [-0.15, -0.1) is 6.58 Å². The van der Waals surface area contributed by atoms with E-state index in [0.29, 0.717) is 5.92 Å². The van der Waals surface area contributed by atoms with Crippen LogP contribution in [0.25, 0.3) is 0 Å². The molecule has 0 aromatic rings. The first-order valence-corrected chi connectivity index (χ1v) is 6.62. The van der Waals surface area contributed by atoms with E-state index < -0.39 is 11.0 Å². The summed E-state index contributed by atoms with van der Waals surface area (Å²) in [5, 5.41) is 0. The quantitative estimate of drug-likeness (QED) is 0.724. The van der Waals surface area contributed by atoms with Crippen molar-refractivity contribution < 1.29 is 4.21 Å². The lowest BCUT2D eigenvalue weighted by Gasteiger charge is -2.26. The van der Waals surface area contributed by atoms with Gasteiger partial charge < -0.3 is 0 Å². The Morgan fingerprint density at radius 1 is 1.40 bits per heavy atom. The molecule has 0 heterocycles. The van der Waals surface area contributed by atoms with E-state index in [0.717, 1.165) is 12.0 Å². The van der Waals surface area contributed by atoms with Gasteiger partial charge in [0, 0.05) is 6.04 Å². The van der Waals surface area contributed by atoms with E-state index >= 15 is 0 Å². The summed E-state index contributed by atoms with van der Waals surface area (Å²) in [4.78, 5) is 0. The van der Waals surface area contributed by atoms with Crippen LogP contribution in [-0.2, 0) is 11.0 Å². The van der Waals surface area contributed by atoms with E-state index in [-0.39, 0.29) is 10.8 Å². The number of hydrogen-bond donors (Lipinski definition) is 1. The summed E-state index contributed by atoms with van der Waals surface area (Å²) < 4.78 is 14.9. The van der Waals surface area contributed by atoms with E-state index in [9.17, 15) is 4.21 Å². The molecule has 0 rings (SSSR count). The van der Waals surface area contributed by atoms with Gasteiger partial charge in [0.1, 0.15) is 0 Å². The topological polar surface area (TPSA) is 29.1 Å². The standard InChI is InChI=1S/C12H25NOS/c1-9(2)8-11(10(3)4)13-15(14)12(5,6)7/h10-11,13H,1,8H2,2-7H3/t11-,15-/m0/s1. The Balaban J connectivity index is 4.42. The Labute approximate surface area is 97.1 Å². The van der Waals surface area contributed by atoms with Crippen molar-refractivity contribution >= 4 is 11.0 Å². The van der Waals surface area contributed by atoms with Crippen LogP contribution >= 0.6 is 0 Å². The van der Waals surface area contributed by atoms with E-state index in [1.54, 1.807) is 0 Å². The van der Waals surface area contributed by atoms with Gasteiger partial charge in [-0.2, -0.15) is 0 Å². The molecule has 0 saturated heterocycles. The SMILES string of the molecule is C=C(C)C[C@H](N[S@@](=O)C(C)(C)C)C(C)C. The van der Waals surface area contributed by atoms with E-state index in [1.807, 2.05) is 27.7 Å². The van der Waals surface area contributed by atoms with E-state index in [1.165, 1.54) is 0 Å². The summed E-state index contributed by atoms with van der Waals surface area (Å²) in [7, 11) is -0.996. The molecule has 1 N–H and O–H groups in total. The monoisotopic (exact) mass is 231 g/mol. The van der Waals surface area contributed by atoms with Crippen molar-refractivity contribution in [3.05, 3.63) is 12.2 Å². The Morgan fingerprint density at radius 3 is 2.13 bits per heavy atom. The molecule has 3 heteroatoms. The molecule has 0 fully saturated rings. The van der Waals surface area contributed by atoms with Crippen LogP contribution in [0.1, 0.15) is 48.0 Å². The number of nitrogens with one attached hydrogen (secondary N) is 1. The third-order valence-electron chi connectivity index (χ3n) is 2.19. The minimum atomic E-state index is -0.996. The fourth-order valence-corrected chi connectivity index (χ4v) is 2.09. The molecular formula is C12H25NOS. The fourth-order valence-electron chi connectivity index (χ4n) is 1.10. The molecule has 0 unspecified atom stereocenters. The van der Waals surface area contributed by atoms with Gasteiger partial charge in [0.05, 0.1) is 15.7 Å². The van der Waals surface area contributed by atoms with Crippen LogP contribution in [0.4, 0.5) is 0 Å². The first-order valence-electron chi connectivity index (χ1n) is 5.47. The maximum absolute atomic E-state index is 11.9. The van der Waals surface area contributed by atoms with Crippen LogP contribution in [0.15, 0.2) is 12.2 Å². The minimum absolute atomic E-state index is 0.206. The van der Waals surface area contributed by atoms with E-state index in [4.69, 9.17) is 0 Å². The second-order valence-electron chi connectivity index (χ2n) is 5.51. The van der Waals surface area contributed by atoms with Crippen LogP contribution in [0.5, 0.6) is 0 Å². The van der Waals surface area contributed by atoms with Crippen LogP contribution in [-0.4, -0.2) is 15.0 Å². The summed E-state index contributed by atoms with van der Waals surface area (Å²) in [6, 6.07) is 0.252. The molecule has 90 valence electrons. The molecule has 2 atom stereocenters. The van der Waals surface area contributed by atoms with Crippen LogP contribution in [0.3, 0.4) is 0 Å². The lowest BCUT2D eigenvalue weighted by Crippen LogP contribution is -2.42. The third kappa shape index (κ3) is 6.10. The van der Waals surface area contributed by atoms with Crippen LogP contribution in [0, 0.1) is 5.92 Å². The molecule has 0 aliphatic carbocycles. The largest absolute Gasteiger partial charge is 0.242 e. The number of hydrogen-bond acceptors (Lipinski definition) is 1. The average molecular weight is 231 g/mol. The maximum Gasteiger partial charge on any atom is 0.0972 e. The van der Waals surface area contributed by atoms with Gasteiger partial charge in [0.2, 0.25) is 0 Å². The maximum atomic E-state index is 11.9. The summed E-state index contributed by atoms with van der Waals surface area (Å²) in [6.07, 6.45) is 0.888. The molecule has 0 saturated carbocycles. The van der Waals surface area contributed by atoms with Gasteiger partial charge in [-0.3, -0.25) is 0 Å². The average Bonchev–Trinajstić information content (AvgIpc) is 1.99. The lowest BCUT2D eigenvalue weighted by atomic mass is 9.99. The predicted octanol–water partition coefficient (Wildman–Crippen LogP) is 3.03. The molecule has 0 radical (unpaired) electrons. The second kappa shape index (κ2) is 5.80. The highest BCUT2D eigenvalue weighted by atomic mass is 32.2. The smallest absolute Gasteiger partial charge is 0.0972 e. The number of rotatable bonds is 5. The summed E-state index contributed by atoms with van der Waals surface area (Å²) in [6.45, 7) is 16.1. The molecule has 0 aliphatic rings. The zero-order valence-electron chi connectivity index (χ0n) is 10.9.